The van der Waals surface area contributed by atoms with Crippen LogP contribution in [0, 0.1) is 0 Å². The van der Waals surface area contributed by atoms with Crippen molar-refractivity contribution in [3.8, 4) is 5.75 Å². The number of carbonyl (C=O) groups is 1. The van der Waals surface area contributed by atoms with Gasteiger partial charge >= 0.3 is 6.09 Å². The molecule has 0 radical (unpaired) electrons. The number of ether oxygens (including phenoxy) is 1. The molecule has 27 heavy (non-hydrogen) atoms. The number of nitrogens with two attached hydrogens (primary N) is 1. The van der Waals surface area contributed by atoms with Crippen molar-refractivity contribution in [2.24, 2.45) is 0 Å². The van der Waals surface area contributed by atoms with E-state index in [1.54, 1.807) is 11.0 Å². The first kappa shape index (κ1) is 19.0. The third-order valence-electron chi connectivity index (χ3n) is 5.08. The maximum atomic E-state index is 12.3. The molecular formula is C21H27N3O3. The maximum absolute atomic E-state index is 12.3. The predicted molar refractivity (Wildman–Crippen MR) is 105 cm³/mol. The van der Waals surface area contributed by atoms with E-state index in [4.69, 9.17) is 10.5 Å². The molecule has 2 aromatic rings. The Kier molecular flexibility index (Phi) is 6.19. The summed E-state index contributed by atoms with van der Waals surface area (Å²) in [5.41, 5.74) is 8.44. The summed E-state index contributed by atoms with van der Waals surface area (Å²) in [6.07, 6.45) is 0.606. The lowest BCUT2D eigenvalue weighted by Crippen LogP contribution is -2.49. The van der Waals surface area contributed by atoms with Crippen molar-refractivity contribution < 1.29 is 14.6 Å². The standard InChI is InChI=1S/C21H27N3O3/c1-2-18(17-9-6-10-19(25)20(17)22)23-11-13-24(14-12-23)21(26)27-15-16-7-4-3-5-8-16/h3-10,18,25H,2,11-15,22H2,1H3. The van der Waals surface area contributed by atoms with Crippen LogP contribution in [0.15, 0.2) is 48.5 Å². The van der Waals surface area contributed by atoms with Gasteiger partial charge in [0.2, 0.25) is 0 Å². The van der Waals surface area contributed by atoms with E-state index in [9.17, 15) is 9.90 Å². The molecule has 1 amide bonds. The van der Waals surface area contributed by atoms with E-state index >= 15 is 0 Å². The minimum atomic E-state index is -0.275. The van der Waals surface area contributed by atoms with Gasteiger partial charge in [-0.1, -0.05) is 49.4 Å². The molecule has 144 valence electrons. The van der Waals surface area contributed by atoms with E-state index in [0.717, 1.165) is 30.6 Å². The molecule has 0 aromatic heterocycles. The molecule has 0 aliphatic carbocycles. The van der Waals surface area contributed by atoms with E-state index in [1.165, 1.54) is 0 Å². The highest BCUT2D eigenvalue weighted by atomic mass is 16.6. The van der Waals surface area contributed by atoms with Crippen molar-refractivity contribution in [3.05, 3.63) is 59.7 Å². The second kappa shape index (κ2) is 8.77. The summed E-state index contributed by atoms with van der Waals surface area (Å²) in [5.74, 6) is 0.120. The molecule has 3 rings (SSSR count). The molecule has 1 aliphatic heterocycles. The number of benzene rings is 2. The van der Waals surface area contributed by atoms with Crippen LogP contribution >= 0.6 is 0 Å². The van der Waals surface area contributed by atoms with Gasteiger partial charge in [0.25, 0.3) is 0 Å². The van der Waals surface area contributed by atoms with Crippen molar-refractivity contribution in [2.45, 2.75) is 26.0 Å². The second-order valence-corrected chi connectivity index (χ2v) is 6.77. The van der Waals surface area contributed by atoms with Crippen molar-refractivity contribution in [3.63, 3.8) is 0 Å². The van der Waals surface area contributed by atoms with Crippen LogP contribution in [0.4, 0.5) is 10.5 Å². The molecule has 1 aliphatic rings. The van der Waals surface area contributed by atoms with Crippen LogP contribution in [-0.4, -0.2) is 47.2 Å². The van der Waals surface area contributed by atoms with Crippen LogP contribution in [-0.2, 0) is 11.3 Å². The van der Waals surface area contributed by atoms with Crippen LogP contribution in [0.2, 0.25) is 0 Å². The number of piperazine rings is 1. The van der Waals surface area contributed by atoms with Gasteiger partial charge in [0, 0.05) is 32.2 Å². The van der Waals surface area contributed by atoms with Gasteiger partial charge in [-0.05, 0) is 23.6 Å². The summed E-state index contributed by atoms with van der Waals surface area (Å²) in [7, 11) is 0. The van der Waals surface area contributed by atoms with Gasteiger partial charge in [-0.3, -0.25) is 4.90 Å². The van der Waals surface area contributed by atoms with Crippen molar-refractivity contribution in [2.75, 3.05) is 31.9 Å². The van der Waals surface area contributed by atoms with Crippen LogP contribution in [0.25, 0.3) is 0 Å². The molecule has 0 saturated carbocycles. The number of para-hydroxylation sites is 1. The van der Waals surface area contributed by atoms with Crippen LogP contribution in [0.5, 0.6) is 5.75 Å². The number of phenols is 1. The highest BCUT2D eigenvalue weighted by Crippen LogP contribution is 2.34. The topological polar surface area (TPSA) is 79.0 Å². The molecule has 0 spiro atoms. The molecule has 1 fully saturated rings. The molecule has 3 N–H and O–H groups in total. The Bertz CT molecular complexity index is 759. The fourth-order valence-electron chi connectivity index (χ4n) is 3.56. The number of nitrogens with zero attached hydrogens (tertiary/aromatic N) is 2. The van der Waals surface area contributed by atoms with Gasteiger partial charge in [-0.2, -0.15) is 0 Å². The lowest BCUT2D eigenvalue weighted by molar-refractivity contribution is 0.0589. The maximum Gasteiger partial charge on any atom is 0.410 e. The van der Waals surface area contributed by atoms with Gasteiger partial charge in [0.05, 0.1) is 5.69 Å². The highest BCUT2D eigenvalue weighted by molar-refractivity contribution is 5.67. The molecule has 1 unspecified atom stereocenters. The normalized spacial score (nSPS) is 16.1. The van der Waals surface area contributed by atoms with Crippen molar-refractivity contribution >= 4 is 11.8 Å². The average Bonchev–Trinajstić information content (AvgIpc) is 2.71. The molecule has 2 aromatic carbocycles. The van der Waals surface area contributed by atoms with E-state index in [1.807, 2.05) is 42.5 Å². The Labute approximate surface area is 160 Å². The largest absolute Gasteiger partial charge is 0.506 e. The second-order valence-electron chi connectivity index (χ2n) is 6.77. The van der Waals surface area contributed by atoms with Crippen molar-refractivity contribution in [1.29, 1.82) is 0 Å². The minimum absolute atomic E-state index is 0.120. The first-order valence-corrected chi connectivity index (χ1v) is 9.37. The molecule has 1 saturated heterocycles. The third-order valence-corrected chi connectivity index (χ3v) is 5.08. The van der Waals surface area contributed by atoms with Crippen LogP contribution in [0.3, 0.4) is 0 Å². The smallest absolute Gasteiger partial charge is 0.410 e. The Morgan fingerprint density at radius 1 is 1.11 bits per heavy atom. The summed E-state index contributed by atoms with van der Waals surface area (Å²) in [5, 5.41) is 9.90. The number of anilines is 1. The number of hydrogen-bond acceptors (Lipinski definition) is 5. The third kappa shape index (κ3) is 4.52. The summed E-state index contributed by atoms with van der Waals surface area (Å²) < 4.78 is 5.42. The van der Waals surface area contributed by atoms with E-state index < -0.39 is 0 Å². The van der Waals surface area contributed by atoms with Gasteiger partial charge in [0.1, 0.15) is 12.4 Å². The Hall–Kier alpha value is -2.73. The molecule has 6 nitrogen and oxygen atoms in total. The predicted octanol–water partition coefficient (Wildman–Crippen LogP) is 3.38. The lowest BCUT2D eigenvalue weighted by atomic mass is 9.99. The lowest BCUT2D eigenvalue weighted by Gasteiger charge is -2.39. The molecule has 0 bridgehead atoms. The van der Waals surface area contributed by atoms with Gasteiger partial charge < -0.3 is 20.5 Å². The van der Waals surface area contributed by atoms with Crippen molar-refractivity contribution in [1.82, 2.24) is 9.80 Å². The minimum Gasteiger partial charge on any atom is -0.506 e. The van der Waals surface area contributed by atoms with Crippen LogP contribution < -0.4 is 5.73 Å². The Morgan fingerprint density at radius 2 is 1.81 bits per heavy atom. The van der Waals surface area contributed by atoms with Gasteiger partial charge in [0.15, 0.2) is 0 Å². The first-order chi connectivity index (χ1) is 13.1. The first-order valence-electron chi connectivity index (χ1n) is 9.37. The van der Waals surface area contributed by atoms with E-state index in [-0.39, 0.29) is 24.5 Å². The SMILES string of the molecule is CCC(c1cccc(O)c1N)N1CCN(C(=O)OCc2ccccc2)CC1. The zero-order valence-electron chi connectivity index (χ0n) is 15.7. The number of nitrogen functional groups attached to an aromatic ring is 1. The molecule has 1 heterocycles. The fourth-order valence-corrected chi connectivity index (χ4v) is 3.56. The molecule has 6 heteroatoms. The summed E-state index contributed by atoms with van der Waals surface area (Å²) in [6.45, 7) is 5.11. The molecule has 1 atom stereocenters. The highest BCUT2D eigenvalue weighted by Gasteiger charge is 2.28. The number of amides is 1. The zero-order valence-corrected chi connectivity index (χ0v) is 15.7. The zero-order chi connectivity index (χ0) is 19.2. The number of aromatic hydroxyl groups is 1. The van der Waals surface area contributed by atoms with Crippen LogP contribution in [0.1, 0.15) is 30.5 Å². The van der Waals surface area contributed by atoms with Gasteiger partial charge in [-0.25, -0.2) is 4.79 Å². The van der Waals surface area contributed by atoms with E-state index in [0.29, 0.717) is 18.8 Å². The number of phenolic OH excluding ortho intramolecular Hbond substituents is 1. The van der Waals surface area contributed by atoms with Gasteiger partial charge in [-0.15, -0.1) is 0 Å². The van der Waals surface area contributed by atoms with E-state index in [2.05, 4.69) is 11.8 Å². The number of hydrogen-bond donors (Lipinski definition) is 2. The summed E-state index contributed by atoms with van der Waals surface area (Å²) in [4.78, 5) is 16.4. The number of carbonyl (C=O) groups excluding carboxylic acids is 1. The summed E-state index contributed by atoms with van der Waals surface area (Å²) >= 11 is 0. The average molecular weight is 369 g/mol. The quantitative estimate of drug-likeness (QED) is 0.624. The Balaban J connectivity index is 1.55. The summed E-state index contributed by atoms with van der Waals surface area (Å²) in [6, 6.07) is 15.2. The molecular weight excluding hydrogens is 342 g/mol. The fraction of sp³-hybridized carbons (Fsp3) is 0.381. The Morgan fingerprint density at radius 3 is 2.48 bits per heavy atom. The monoisotopic (exact) mass is 369 g/mol. The number of rotatable bonds is 5.